The van der Waals surface area contributed by atoms with Gasteiger partial charge in [0.25, 0.3) is 0 Å². The second kappa shape index (κ2) is 9.86. The van der Waals surface area contributed by atoms with E-state index in [0.717, 1.165) is 0 Å². The molecule has 0 spiro atoms. The van der Waals surface area contributed by atoms with Crippen molar-refractivity contribution < 1.29 is 29.1 Å². The number of rotatable bonds is 9. The molecule has 1 heterocycles. The van der Waals surface area contributed by atoms with Crippen LogP contribution in [0.2, 0.25) is 0 Å². The van der Waals surface area contributed by atoms with Crippen molar-refractivity contribution in [3.05, 3.63) is 0 Å². The van der Waals surface area contributed by atoms with Gasteiger partial charge in [-0.3, -0.25) is 19.2 Å². The van der Waals surface area contributed by atoms with E-state index in [0.29, 0.717) is 19.4 Å². The number of carboxylic acids is 1. The molecule has 27 heavy (non-hydrogen) atoms. The van der Waals surface area contributed by atoms with Crippen molar-refractivity contribution >= 4 is 29.6 Å². The average Bonchev–Trinajstić information content (AvgIpc) is 3.06. The molecule has 0 saturated carbocycles. The molecule has 0 aromatic carbocycles. The summed E-state index contributed by atoms with van der Waals surface area (Å²) in [5, 5.41) is 14.0. The Bertz CT molecular complexity index is 608. The fraction of sp³-hybridized carbons (Fsp3) is 0.688. The van der Waals surface area contributed by atoms with Crippen LogP contribution in [0, 0.1) is 5.92 Å². The molecule has 1 aliphatic heterocycles. The van der Waals surface area contributed by atoms with Crippen LogP contribution in [-0.4, -0.2) is 70.8 Å². The van der Waals surface area contributed by atoms with Gasteiger partial charge < -0.3 is 32.1 Å². The highest BCUT2D eigenvalue weighted by molar-refractivity contribution is 5.94. The summed E-state index contributed by atoms with van der Waals surface area (Å²) in [6, 6.07) is -3.04. The molecule has 1 saturated heterocycles. The zero-order valence-electron chi connectivity index (χ0n) is 15.4. The minimum atomic E-state index is -1.18. The highest BCUT2D eigenvalue weighted by Gasteiger charge is 2.34. The fourth-order valence-electron chi connectivity index (χ4n) is 2.80. The van der Waals surface area contributed by atoms with E-state index in [-0.39, 0.29) is 18.9 Å². The topological polar surface area (TPSA) is 185 Å². The lowest BCUT2D eigenvalue weighted by Gasteiger charge is -2.25. The quantitative estimate of drug-likeness (QED) is 0.291. The highest BCUT2D eigenvalue weighted by Crippen LogP contribution is 2.17. The summed E-state index contributed by atoms with van der Waals surface area (Å²) in [7, 11) is 0. The number of nitrogens with two attached hydrogens (primary N) is 2. The molecule has 7 N–H and O–H groups in total. The number of nitrogens with zero attached hydrogens (tertiary/aromatic N) is 1. The zero-order valence-corrected chi connectivity index (χ0v) is 15.4. The van der Waals surface area contributed by atoms with Crippen molar-refractivity contribution in [2.24, 2.45) is 17.4 Å². The summed E-state index contributed by atoms with van der Waals surface area (Å²) in [5.41, 5.74) is 10.5. The van der Waals surface area contributed by atoms with Crippen LogP contribution in [0.5, 0.6) is 0 Å². The standard InChI is InChI=1S/C16H27N5O6/c1-8(2)13(20-14(24)9(17)6-11(18)22)15(25)19-7-12(23)21-5-3-4-10(21)16(26)27/h8-10,13H,3-7,17H2,1-2H3,(H2,18,22)(H,19,25)(H,20,24)(H,26,27). The van der Waals surface area contributed by atoms with Crippen molar-refractivity contribution in [3.63, 3.8) is 0 Å². The largest absolute Gasteiger partial charge is 0.480 e. The Morgan fingerprint density at radius 3 is 2.33 bits per heavy atom. The molecule has 1 rings (SSSR count). The molecule has 3 unspecified atom stereocenters. The van der Waals surface area contributed by atoms with Crippen LogP contribution in [0.25, 0.3) is 0 Å². The van der Waals surface area contributed by atoms with Crippen molar-refractivity contribution in [3.8, 4) is 0 Å². The van der Waals surface area contributed by atoms with Gasteiger partial charge in [-0.15, -0.1) is 0 Å². The van der Waals surface area contributed by atoms with E-state index in [2.05, 4.69) is 10.6 Å². The lowest BCUT2D eigenvalue weighted by Crippen LogP contribution is -2.55. The van der Waals surface area contributed by atoms with Gasteiger partial charge in [-0.05, 0) is 18.8 Å². The number of nitrogens with one attached hydrogen (secondary N) is 2. The third kappa shape index (κ3) is 6.51. The number of hydrogen-bond acceptors (Lipinski definition) is 6. The molecular weight excluding hydrogens is 358 g/mol. The lowest BCUT2D eigenvalue weighted by molar-refractivity contribution is -0.148. The molecule has 1 aliphatic rings. The van der Waals surface area contributed by atoms with Gasteiger partial charge in [0.15, 0.2) is 0 Å². The van der Waals surface area contributed by atoms with Gasteiger partial charge in [0, 0.05) is 6.54 Å². The third-order valence-corrected chi connectivity index (χ3v) is 4.28. The van der Waals surface area contributed by atoms with Crippen LogP contribution in [0.3, 0.4) is 0 Å². The lowest BCUT2D eigenvalue weighted by atomic mass is 10.0. The number of carbonyl (C=O) groups is 5. The summed E-state index contributed by atoms with van der Waals surface area (Å²) >= 11 is 0. The maximum Gasteiger partial charge on any atom is 0.326 e. The normalized spacial score (nSPS) is 18.7. The van der Waals surface area contributed by atoms with Crippen molar-refractivity contribution in [2.45, 2.75) is 51.2 Å². The second-order valence-corrected chi connectivity index (χ2v) is 6.81. The van der Waals surface area contributed by atoms with E-state index in [4.69, 9.17) is 16.6 Å². The number of carbonyl (C=O) groups excluding carboxylic acids is 4. The van der Waals surface area contributed by atoms with E-state index in [1.165, 1.54) is 4.90 Å². The number of amides is 4. The number of aliphatic carboxylic acids is 1. The van der Waals surface area contributed by atoms with Crippen molar-refractivity contribution in [1.82, 2.24) is 15.5 Å². The first-order valence-electron chi connectivity index (χ1n) is 8.68. The average molecular weight is 385 g/mol. The molecule has 11 nitrogen and oxygen atoms in total. The number of hydrogen-bond donors (Lipinski definition) is 5. The summed E-state index contributed by atoms with van der Waals surface area (Å²) in [5.74, 6) is -3.96. The monoisotopic (exact) mass is 385 g/mol. The van der Waals surface area contributed by atoms with Gasteiger partial charge in [0.1, 0.15) is 12.1 Å². The van der Waals surface area contributed by atoms with Crippen molar-refractivity contribution in [2.75, 3.05) is 13.1 Å². The van der Waals surface area contributed by atoms with Crippen LogP contribution in [0.4, 0.5) is 0 Å². The summed E-state index contributed by atoms with van der Waals surface area (Å²) in [4.78, 5) is 59.8. The van der Waals surface area contributed by atoms with E-state index in [1.54, 1.807) is 13.8 Å². The Balaban J connectivity index is 2.63. The van der Waals surface area contributed by atoms with Crippen LogP contribution in [0.1, 0.15) is 33.1 Å². The van der Waals surface area contributed by atoms with Crippen LogP contribution < -0.4 is 22.1 Å². The van der Waals surface area contributed by atoms with Gasteiger partial charge >= 0.3 is 5.97 Å². The number of likely N-dealkylation sites (tertiary alicyclic amines) is 1. The van der Waals surface area contributed by atoms with Crippen molar-refractivity contribution in [1.29, 1.82) is 0 Å². The molecule has 0 aromatic rings. The molecule has 0 aromatic heterocycles. The Kier molecular flexibility index (Phi) is 8.16. The Morgan fingerprint density at radius 1 is 1.19 bits per heavy atom. The third-order valence-electron chi connectivity index (χ3n) is 4.28. The van der Waals surface area contributed by atoms with Gasteiger partial charge in [-0.25, -0.2) is 4.79 Å². The van der Waals surface area contributed by atoms with Crippen LogP contribution >= 0.6 is 0 Å². The molecule has 0 radical (unpaired) electrons. The van der Waals surface area contributed by atoms with E-state index in [1.807, 2.05) is 0 Å². The molecule has 0 bridgehead atoms. The first kappa shape index (κ1) is 22.4. The van der Waals surface area contributed by atoms with Crippen LogP contribution in [-0.2, 0) is 24.0 Å². The zero-order chi connectivity index (χ0) is 20.7. The molecule has 3 atom stereocenters. The second-order valence-electron chi connectivity index (χ2n) is 6.81. The Labute approximate surface area is 156 Å². The smallest absolute Gasteiger partial charge is 0.326 e. The highest BCUT2D eigenvalue weighted by atomic mass is 16.4. The van der Waals surface area contributed by atoms with Crippen LogP contribution in [0.15, 0.2) is 0 Å². The number of primary amides is 1. The van der Waals surface area contributed by atoms with E-state index < -0.39 is 47.7 Å². The number of carboxylic acid groups (broad SMARTS) is 1. The molecule has 152 valence electrons. The molecule has 1 fully saturated rings. The van der Waals surface area contributed by atoms with Gasteiger partial charge in [-0.1, -0.05) is 13.8 Å². The van der Waals surface area contributed by atoms with Gasteiger partial charge in [-0.2, -0.15) is 0 Å². The summed E-state index contributed by atoms with van der Waals surface area (Å²) in [6.07, 6.45) is 0.596. The Hall–Kier alpha value is -2.69. The van der Waals surface area contributed by atoms with E-state index >= 15 is 0 Å². The minimum Gasteiger partial charge on any atom is -0.480 e. The Morgan fingerprint density at radius 2 is 1.81 bits per heavy atom. The SMILES string of the molecule is CC(C)C(NC(=O)C(N)CC(N)=O)C(=O)NCC(=O)N1CCCC1C(=O)O. The first-order chi connectivity index (χ1) is 12.5. The molecule has 0 aliphatic carbocycles. The maximum atomic E-state index is 12.4. The van der Waals surface area contributed by atoms with Gasteiger partial charge in [0.05, 0.1) is 19.0 Å². The van der Waals surface area contributed by atoms with E-state index in [9.17, 15) is 24.0 Å². The molecular formula is C16H27N5O6. The maximum absolute atomic E-state index is 12.4. The summed E-state index contributed by atoms with van der Waals surface area (Å²) in [6.45, 7) is 3.31. The molecule has 4 amide bonds. The summed E-state index contributed by atoms with van der Waals surface area (Å²) < 4.78 is 0. The molecule has 11 heteroatoms. The minimum absolute atomic E-state index is 0.316. The van der Waals surface area contributed by atoms with Gasteiger partial charge in [0.2, 0.25) is 23.6 Å². The first-order valence-corrected chi connectivity index (χ1v) is 8.68. The predicted octanol–water partition coefficient (Wildman–Crippen LogP) is -2.48. The fourth-order valence-corrected chi connectivity index (χ4v) is 2.80. The predicted molar refractivity (Wildman–Crippen MR) is 93.9 cm³/mol.